The van der Waals surface area contributed by atoms with Crippen LogP contribution >= 0.6 is 11.6 Å². The topological polar surface area (TPSA) is 74.7 Å². The van der Waals surface area contributed by atoms with Gasteiger partial charge in [-0.05, 0) is 48.6 Å². The largest absolute Gasteiger partial charge is 0.481 e. The van der Waals surface area contributed by atoms with Gasteiger partial charge in [0.25, 0.3) is 10.0 Å². The van der Waals surface area contributed by atoms with Gasteiger partial charge in [-0.2, -0.15) is 0 Å². The van der Waals surface area contributed by atoms with Gasteiger partial charge in [-0.3, -0.25) is 9.10 Å². The van der Waals surface area contributed by atoms with Crippen molar-refractivity contribution in [1.82, 2.24) is 0 Å². The fourth-order valence-corrected chi connectivity index (χ4v) is 5.50. The van der Waals surface area contributed by atoms with E-state index in [1.165, 1.54) is 4.31 Å². The average molecular weight is 380 g/mol. The Hall–Kier alpha value is -2.05. The lowest BCUT2D eigenvalue weighted by Gasteiger charge is -2.31. The Morgan fingerprint density at radius 1 is 1.28 bits per heavy atom. The van der Waals surface area contributed by atoms with Gasteiger partial charge in [0.05, 0.1) is 17.1 Å². The quantitative estimate of drug-likeness (QED) is 0.883. The van der Waals surface area contributed by atoms with Gasteiger partial charge < -0.3 is 5.11 Å². The minimum absolute atomic E-state index is 0.105. The van der Waals surface area contributed by atoms with Crippen LogP contribution in [0.2, 0.25) is 5.02 Å². The zero-order valence-electron chi connectivity index (χ0n) is 13.7. The maximum atomic E-state index is 13.3. The number of sulfonamides is 1. The summed E-state index contributed by atoms with van der Waals surface area (Å²) >= 11 is 6.18. The number of benzene rings is 2. The van der Waals surface area contributed by atoms with E-state index < -0.39 is 16.0 Å². The van der Waals surface area contributed by atoms with E-state index in [0.29, 0.717) is 29.8 Å². The Kier molecular flexibility index (Phi) is 4.75. The molecule has 132 valence electrons. The summed E-state index contributed by atoms with van der Waals surface area (Å²) < 4.78 is 27.9. The van der Waals surface area contributed by atoms with Crippen molar-refractivity contribution in [2.24, 2.45) is 0 Å². The van der Waals surface area contributed by atoms with Crippen LogP contribution in [0.5, 0.6) is 0 Å². The summed E-state index contributed by atoms with van der Waals surface area (Å²) in [5, 5.41) is 9.19. The Balaban J connectivity index is 2.12. The number of anilines is 1. The predicted molar refractivity (Wildman–Crippen MR) is 96.8 cm³/mol. The van der Waals surface area contributed by atoms with Crippen LogP contribution in [-0.4, -0.2) is 26.0 Å². The minimum Gasteiger partial charge on any atom is -0.481 e. The number of nitrogens with zero attached hydrogens (tertiary/aromatic N) is 1. The van der Waals surface area contributed by atoms with E-state index in [4.69, 9.17) is 16.7 Å². The first-order valence-corrected chi connectivity index (χ1v) is 9.74. The third kappa shape index (κ3) is 3.37. The zero-order valence-corrected chi connectivity index (χ0v) is 15.3. The van der Waals surface area contributed by atoms with Crippen LogP contribution in [0, 0.1) is 6.92 Å². The van der Waals surface area contributed by atoms with E-state index in [2.05, 4.69) is 0 Å². The summed E-state index contributed by atoms with van der Waals surface area (Å²) in [7, 11) is -3.83. The van der Waals surface area contributed by atoms with Crippen molar-refractivity contribution in [1.29, 1.82) is 0 Å². The monoisotopic (exact) mass is 379 g/mol. The van der Waals surface area contributed by atoms with Crippen molar-refractivity contribution < 1.29 is 18.3 Å². The van der Waals surface area contributed by atoms with E-state index in [1.807, 2.05) is 6.07 Å². The highest BCUT2D eigenvalue weighted by atomic mass is 35.5. The SMILES string of the molecule is Cc1cccc(Cl)c1S(=O)(=O)N1CCCc2ccc(CC(=O)O)cc21. The summed E-state index contributed by atoms with van der Waals surface area (Å²) in [4.78, 5) is 11.1. The first kappa shape index (κ1) is 17.8. The molecule has 0 saturated carbocycles. The molecule has 1 aliphatic heterocycles. The molecule has 0 aromatic heterocycles. The molecule has 2 aromatic carbocycles. The number of halogens is 1. The second-order valence-electron chi connectivity index (χ2n) is 6.10. The predicted octanol–water partition coefficient (Wildman–Crippen LogP) is 3.42. The Morgan fingerprint density at radius 2 is 2.04 bits per heavy atom. The summed E-state index contributed by atoms with van der Waals surface area (Å²) in [5.74, 6) is -0.952. The highest BCUT2D eigenvalue weighted by Gasteiger charge is 2.32. The van der Waals surface area contributed by atoms with E-state index in [-0.39, 0.29) is 16.3 Å². The zero-order chi connectivity index (χ0) is 18.2. The molecule has 0 spiro atoms. The highest BCUT2D eigenvalue weighted by Crippen LogP contribution is 2.36. The molecular formula is C18H18ClNO4S. The molecule has 25 heavy (non-hydrogen) atoms. The average Bonchev–Trinajstić information content (AvgIpc) is 2.53. The second kappa shape index (κ2) is 6.69. The number of aliphatic carboxylic acids is 1. The molecule has 5 nitrogen and oxygen atoms in total. The fraction of sp³-hybridized carbons (Fsp3) is 0.278. The number of hydrogen-bond acceptors (Lipinski definition) is 3. The van der Waals surface area contributed by atoms with Gasteiger partial charge >= 0.3 is 5.97 Å². The minimum atomic E-state index is -3.83. The first-order chi connectivity index (χ1) is 11.8. The van der Waals surface area contributed by atoms with Crippen molar-refractivity contribution in [3.05, 3.63) is 58.1 Å². The van der Waals surface area contributed by atoms with Gasteiger partial charge in [0.2, 0.25) is 0 Å². The molecule has 7 heteroatoms. The van der Waals surface area contributed by atoms with Gasteiger partial charge in [0.15, 0.2) is 0 Å². The molecule has 0 amide bonds. The number of carbonyl (C=O) groups is 1. The first-order valence-electron chi connectivity index (χ1n) is 7.92. The third-order valence-corrected chi connectivity index (χ3v) is 6.74. The van der Waals surface area contributed by atoms with E-state index in [0.717, 1.165) is 12.0 Å². The maximum absolute atomic E-state index is 13.3. The standard InChI is InChI=1S/C18H18ClNO4S/c1-12-4-2-6-15(19)18(12)25(23,24)20-9-3-5-14-8-7-13(10-16(14)20)11-17(21)22/h2,4,6-8,10H,3,5,9,11H2,1H3,(H,21,22). The molecule has 0 aliphatic carbocycles. The van der Waals surface area contributed by atoms with Gasteiger partial charge in [-0.1, -0.05) is 35.9 Å². The molecule has 2 aromatic rings. The molecule has 0 radical (unpaired) electrons. The fourth-order valence-electron chi connectivity index (χ4n) is 3.17. The van der Waals surface area contributed by atoms with Crippen LogP contribution in [0.1, 0.15) is 23.1 Å². The smallest absolute Gasteiger partial charge is 0.307 e. The van der Waals surface area contributed by atoms with Crippen molar-refractivity contribution in [3.63, 3.8) is 0 Å². The lowest BCUT2D eigenvalue weighted by molar-refractivity contribution is -0.136. The molecule has 0 atom stereocenters. The molecule has 1 N–H and O–H groups in total. The number of hydrogen-bond donors (Lipinski definition) is 1. The van der Waals surface area contributed by atoms with Crippen LogP contribution < -0.4 is 4.31 Å². The van der Waals surface area contributed by atoms with Gasteiger partial charge in [-0.25, -0.2) is 8.42 Å². The maximum Gasteiger partial charge on any atom is 0.307 e. The Morgan fingerprint density at radius 3 is 2.72 bits per heavy atom. The third-order valence-electron chi connectivity index (χ3n) is 4.29. The number of carboxylic acids is 1. The number of fused-ring (bicyclic) bond motifs is 1. The van der Waals surface area contributed by atoms with Gasteiger partial charge in [-0.15, -0.1) is 0 Å². The van der Waals surface area contributed by atoms with Crippen LogP contribution in [0.15, 0.2) is 41.3 Å². The van der Waals surface area contributed by atoms with E-state index >= 15 is 0 Å². The van der Waals surface area contributed by atoms with Crippen molar-refractivity contribution in [2.45, 2.75) is 31.1 Å². The number of aryl methyl sites for hydroxylation is 2. The van der Waals surface area contributed by atoms with Crippen LogP contribution in [0.4, 0.5) is 5.69 Å². The van der Waals surface area contributed by atoms with Gasteiger partial charge in [0, 0.05) is 6.54 Å². The molecule has 1 aliphatic rings. The lowest BCUT2D eigenvalue weighted by Crippen LogP contribution is -2.36. The highest BCUT2D eigenvalue weighted by molar-refractivity contribution is 7.93. The van der Waals surface area contributed by atoms with Crippen molar-refractivity contribution in [3.8, 4) is 0 Å². The molecular weight excluding hydrogens is 362 g/mol. The summed E-state index contributed by atoms with van der Waals surface area (Å²) in [5.41, 5.74) is 2.60. The molecule has 1 heterocycles. The van der Waals surface area contributed by atoms with Crippen LogP contribution in [-0.2, 0) is 27.7 Å². The molecule has 3 rings (SSSR count). The summed E-state index contributed by atoms with van der Waals surface area (Å²) in [6.07, 6.45) is 1.32. The summed E-state index contributed by atoms with van der Waals surface area (Å²) in [6, 6.07) is 10.2. The second-order valence-corrected chi connectivity index (χ2v) is 8.31. The van der Waals surface area contributed by atoms with Crippen molar-refractivity contribution in [2.75, 3.05) is 10.8 Å². The number of carboxylic acid groups (broad SMARTS) is 1. The van der Waals surface area contributed by atoms with Gasteiger partial charge in [0.1, 0.15) is 4.90 Å². The van der Waals surface area contributed by atoms with E-state index in [1.54, 1.807) is 37.3 Å². The van der Waals surface area contributed by atoms with Crippen molar-refractivity contribution >= 4 is 33.3 Å². The lowest BCUT2D eigenvalue weighted by atomic mass is 10.0. The van der Waals surface area contributed by atoms with Crippen LogP contribution in [0.3, 0.4) is 0 Å². The van der Waals surface area contributed by atoms with E-state index in [9.17, 15) is 13.2 Å². The Labute approximate surface area is 151 Å². The Bertz CT molecular complexity index is 920. The number of rotatable bonds is 4. The van der Waals surface area contributed by atoms with Crippen LogP contribution in [0.25, 0.3) is 0 Å². The molecule has 0 bridgehead atoms. The molecule has 0 saturated heterocycles. The summed E-state index contributed by atoms with van der Waals surface area (Å²) in [6.45, 7) is 2.06. The molecule has 0 fully saturated rings. The normalized spacial score (nSPS) is 14.2. The molecule has 0 unspecified atom stereocenters.